The third-order valence-electron chi connectivity index (χ3n) is 4.38. The Balaban J connectivity index is 1.77. The van der Waals surface area contributed by atoms with Crippen LogP contribution in [0.25, 0.3) is 10.6 Å². The minimum atomic E-state index is -0.324. The molecule has 1 N–H and O–H groups in total. The van der Waals surface area contributed by atoms with Gasteiger partial charge in [0.1, 0.15) is 22.2 Å². The van der Waals surface area contributed by atoms with Crippen LogP contribution in [0.5, 0.6) is 23.0 Å². The second kappa shape index (κ2) is 10.2. The lowest BCUT2D eigenvalue weighted by atomic mass is 10.2. The Kier molecular flexibility index (Phi) is 7.36. The van der Waals surface area contributed by atoms with E-state index in [9.17, 15) is 4.79 Å². The van der Waals surface area contributed by atoms with Crippen molar-refractivity contribution in [3.05, 3.63) is 47.5 Å². The molecule has 0 saturated carbocycles. The summed E-state index contributed by atoms with van der Waals surface area (Å²) in [5, 5.41) is 5.26. The van der Waals surface area contributed by atoms with Crippen molar-refractivity contribution >= 4 is 22.9 Å². The van der Waals surface area contributed by atoms with E-state index in [-0.39, 0.29) is 5.91 Å². The van der Waals surface area contributed by atoms with Gasteiger partial charge in [-0.2, -0.15) is 0 Å². The van der Waals surface area contributed by atoms with Crippen LogP contribution in [0, 0.1) is 5.92 Å². The Hall–Kier alpha value is -3.26. The topological polar surface area (TPSA) is 78.9 Å². The lowest BCUT2D eigenvalue weighted by Crippen LogP contribution is -2.13. The molecule has 1 amide bonds. The first-order valence-corrected chi connectivity index (χ1v) is 10.6. The van der Waals surface area contributed by atoms with Crippen LogP contribution in [0.4, 0.5) is 5.69 Å². The van der Waals surface area contributed by atoms with E-state index in [0.29, 0.717) is 51.9 Å². The molecule has 0 radical (unpaired) electrons. The molecule has 0 aliphatic carbocycles. The van der Waals surface area contributed by atoms with Gasteiger partial charge in [-0.15, -0.1) is 11.3 Å². The maximum Gasteiger partial charge on any atom is 0.275 e. The molecule has 0 atom stereocenters. The van der Waals surface area contributed by atoms with Crippen LogP contribution < -0.4 is 24.3 Å². The number of hydrogen-bond acceptors (Lipinski definition) is 7. The van der Waals surface area contributed by atoms with Gasteiger partial charge in [0.25, 0.3) is 5.91 Å². The molecule has 2 aromatic carbocycles. The van der Waals surface area contributed by atoms with Gasteiger partial charge in [0, 0.05) is 17.0 Å². The van der Waals surface area contributed by atoms with Gasteiger partial charge in [-0.05, 0) is 36.2 Å². The molecule has 164 valence electrons. The lowest BCUT2D eigenvalue weighted by Gasteiger charge is -2.13. The van der Waals surface area contributed by atoms with Gasteiger partial charge < -0.3 is 24.3 Å². The van der Waals surface area contributed by atoms with Crippen LogP contribution in [0.3, 0.4) is 0 Å². The smallest absolute Gasteiger partial charge is 0.275 e. The van der Waals surface area contributed by atoms with E-state index in [0.717, 1.165) is 5.56 Å². The van der Waals surface area contributed by atoms with Crippen molar-refractivity contribution in [3.63, 3.8) is 0 Å². The SMILES string of the molecule is COc1ccc(NC(=O)c2csc(-c3ccc(OCC(C)C)c(OC)c3)n2)c(OC)c1. The molecule has 1 aromatic heterocycles. The van der Waals surface area contributed by atoms with Crippen LogP contribution in [0.15, 0.2) is 41.8 Å². The average Bonchev–Trinajstić information content (AvgIpc) is 3.28. The molecule has 0 spiro atoms. The van der Waals surface area contributed by atoms with Gasteiger partial charge >= 0.3 is 0 Å². The summed E-state index contributed by atoms with van der Waals surface area (Å²) in [5.41, 5.74) is 1.70. The molecule has 8 heteroatoms. The summed E-state index contributed by atoms with van der Waals surface area (Å²) < 4.78 is 21.8. The number of nitrogens with zero attached hydrogens (tertiary/aromatic N) is 1. The highest BCUT2D eigenvalue weighted by Gasteiger charge is 2.16. The number of anilines is 1. The number of nitrogens with one attached hydrogen (secondary N) is 1. The van der Waals surface area contributed by atoms with Crippen LogP contribution in [0.2, 0.25) is 0 Å². The number of thiazole rings is 1. The number of methoxy groups -OCH3 is 3. The third kappa shape index (κ3) is 5.46. The van der Waals surface area contributed by atoms with Crippen molar-refractivity contribution in [2.75, 3.05) is 33.3 Å². The first-order chi connectivity index (χ1) is 14.9. The summed E-state index contributed by atoms with van der Waals surface area (Å²) in [4.78, 5) is 17.2. The fourth-order valence-corrected chi connectivity index (χ4v) is 3.57. The van der Waals surface area contributed by atoms with Crippen molar-refractivity contribution < 1.29 is 23.7 Å². The molecule has 0 fully saturated rings. The quantitative estimate of drug-likeness (QED) is 0.495. The second-order valence-corrected chi connectivity index (χ2v) is 7.99. The van der Waals surface area contributed by atoms with Crippen LogP contribution in [-0.4, -0.2) is 38.8 Å². The number of hydrogen-bond donors (Lipinski definition) is 1. The maximum absolute atomic E-state index is 12.7. The predicted molar refractivity (Wildman–Crippen MR) is 122 cm³/mol. The zero-order chi connectivity index (χ0) is 22.4. The fourth-order valence-electron chi connectivity index (χ4n) is 2.78. The van der Waals surface area contributed by atoms with E-state index in [1.54, 1.807) is 37.8 Å². The van der Waals surface area contributed by atoms with E-state index in [4.69, 9.17) is 18.9 Å². The Labute approximate surface area is 185 Å². The number of benzene rings is 2. The van der Waals surface area contributed by atoms with Crippen molar-refractivity contribution in [2.45, 2.75) is 13.8 Å². The van der Waals surface area contributed by atoms with Crippen LogP contribution >= 0.6 is 11.3 Å². The summed E-state index contributed by atoms with van der Waals surface area (Å²) in [6.45, 7) is 4.78. The van der Waals surface area contributed by atoms with Gasteiger partial charge in [-0.25, -0.2) is 4.98 Å². The maximum atomic E-state index is 12.7. The van der Waals surface area contributed by atoms with Gasteiger partial charge in [0.2, 0.25) is 0 Å². The van der Waals surface area contributed by atoms with Crippen molar-refractivity contribution in [2.24, 2.45) is 5.92 Å². The zero-order valence-electron chi connectivity index (χ0n) is 18.2. The summed E-state index contributed by atoms with van der Waals surface area (Å²) in [6, 6.07) is 10.8. The second-order valence-electron chi connectivity index (χ2n) is 7.13. The molecular weight excluding hydrogens is 416 g/mol. The lowest BCUT2D eigenvalue weighted by molar-refractivity contribution is 0.102. The number of rotatable bonds is 9. The normalized spacial score (nSPS) is 10.6. The van der Waals surface area contributed by atoms with Crippen molar-refractivity contribution in [1.29, 1.82) is 0 Å². The Morgan fingerprint density at radius 3 is 2.45 bits per heavy atom. The van der Waals surface area contributed by atoms with E-state index < -0.39 is 0 Å². The number of ether oxygens (including phenoxy) is 4. The molecule has 1 heterocycles. The zero-order valence-corrected chi connectivity index (χ0v) is 19.0. The number of aromatic nitrogens is 1. The predicted octanol–water partition coefficient (Wildman–Crippen LogP) is 5.12. The monoisotopic (exact) mass is 442 g/mol. The summed E-state index contributed by atoms with van der Waals surface area (Å²) in [6.07, 6.45) is 0. The molecule has 0 unspecified atom stereocenters. The van der Waals surface area contributed by atoms with Gasteiger partial charge in [0.15, 0.2) is 11.5 Å². The fraction of sp³-hybridized carbons (Fsp3) is 0.304. The molecule has 3 aromatic rings. The van der Waals surface area contributed by atoms with E-state index in [1.807, 2.05) is 18.2 Å². The largest absolute Gasteiger partial charge is 0.497 e. The summed E-state index contributed by atoms with van der Waals surface area (Å²) >= 11 is 1.38. The van der Waals surface area contributed by atoms with Crippen LogP contribution in [-0.2, 0) is 0 Å². The molecular formula is C23H26N2O5S. The molecule has 7 nitrogen and oxygen atoms in total. The van der Waals surface area contributed by atoms with Crippen LogP contribution in [0.1, 0.15) is 24.3 Å². The van der Waals surface area contributed by atoms with E-state index in [2.05, 4.69) is 24.1 Å². The average molecular weight is 443 g/mol. The molecule has 3 rings (SSSR count). The Morgan fingerprint density at radius 1 is 1.00 bits per heavy atom. The summed E-state index contributed by atoms with van der Waals surface area (Å²) in [5.74, 6) is 2.54. The first-order valence-electron chi connectivity index (χ1n) is 9.75. The van der Waals surface area contributed by atoms with Crippen molar-refractivity contribution in [1.82, 2.24) is 4.98 Å². The highest BCUT2D eigenvalue weighted by Crippen LogP contribution is 2.34. The highest BCUT2D eigenvalue weighted by atomic mass is 32.1. The van der Waals surface area contributed by atoms with Crippen molar-refractivity contribution in [3.8, 4) is 33.6 Å². The molecule has 0 aliphatic rings. The number of carbonyl (C=O) groups is 1. The number of carbonyl (C=O) groups excluding carboxylic acids is 1. The molecule has 0 bridgehead atoms. The first kappa shape index (κ1) is 22.4. The van der Waals surface area contributed by atoms with Gasteiger partial charge in [0.05, 0.1) is 33.6 Å². The molecule has 0 aliphatic heterocycles. The van der Waals surface area contributed by atoms with Gasteiger partial charge in [-0.3, -0.25) is 4.79 Å². The minimum absolute atomic E-state index is 0.317. The highest BCUT2D eigenvalue weighted by molar-refractivity contribution is 7.13. The Morgan fingerprint density at radius 2 is 1.77 bits per heavy atom. The standard InChI is InChI=1S/C23H26N2O5S/c1-14(2)12-30-19-9-6-15(10-21(19)29-5)23-25-18(13-31-23)22(26)24-17-8-7-16(27-3)11-20(17)28-4/h6-11,13-14H,12H2,1-5H3,(H,24,26). The van der Waals surface area contributed by atoms with E-state index >= 15 is 0 Å². The minimum Gasteiger partial charge on any atom is -0.497 e. The number of amides is 1. The Bertz CT molecular complexity index is 1050. The summed E-state index contributed by atoms with van der Waals surface area (Å²) in [7, 11) is 4.71. The molecule has 0 saturated heterocycles. The van der Waals surface area contributed by atoms with Gasteiger partial charge in [-0.1, -0.05) is 13.8 Å². The third-order valence-corrected chi connectivity index (χ3v) is 5.27. The molecule has 31 heavy (non-hydrogen) atoms. The van der Waals surface area contributed by atoms with E-state index in [1.165, 1.54) is 18.4 Å².